The molecule has 0 aromatic heterocycles. The number of ether oxygens (including phenoxy) is 2. The molecule has 8 nitrogen and oxygen atoms in total. The number of sulfonamides is 1. The molecular weight excluding hydrogens is 459 g/mol. The number of nitrogens with zero attached hydrogens (tertiary/aromatic N) is 1. The van der Waals surface area contributed by atoms with Crippen molar-refractivity contribution in [1.82, 2.24) is 15.4 Å². The van der Waals surface area contributed by atoms with Gasteiger partial charge in [-0.2, -0.15) is 0 Å². The summed E-state index contributed by atoms with van der Waals surface area (Å²) in [7, 11) is -3.10. The van der Waals surface area contributed by atoms with Gasteiger partial charge in [-0.3, -0.25) is 4.99 Å². The highest BCUT2D eigenvalue weighted by Gasteiger charge is 2.15. The molecule has 1 aliphatic rings. The first-order chi connectivity index (χ1) is 11.6. The minimum atomic E-state index is -3.10. The first-order valence-electron chi connectivity index (χ1n) is 8.76. The number of halogens is 1. The molecule has 1 atom stereocenters. The maximum absolute atomic E-state index is 11.3. The van der Waals surface area contributed by atoms with Crippen molar-refractivity contribution < 1.29 is 17.9 Å². The summed E-state index contributed by atoms with van der Waals surface area (Å²) in [6.45, 7) is 8.38. The van der Waals surface area contributed by atoms with Crippen molar-refractivity contribution in [3.8, 4) is 0 Å². The second kappa shape index (κ2) is 14.9. The van der Waals surface area contributed by atoms with E-state index < -0.39 is 10.0 Å². The van der Waals surface area contributed by atoms with E-state index in [0.29, 0.717) is 39.3 Å². The van der Waals surface area contributed by atoms with Crippen LogP contribution in [0.5, 0.6) is 0 Å². The number of nitrogens with one attached hydrogen (secondary N) is 3. The molecule has 10 heteroatoms. The molecule has 150 valence electrons. The van der Waals surface area contributed by atoms with Crippen LogP contribution < -0.4 is 15.4 Å². The summed E-state index contributed by atoms with van der Waals surface area (Å²) in [5.74, 6) is 0.861. The Hall–Kier alpha value is -0.170. The van der Waals surface area contributed by atoms with Crippen LogP contribution in [0.15, 0.2) is 4.99 Å². The largest absolute Gasteiger partial charge is 0.379 e. The molecule has 25 heavy (non-hydrogen) atoms. The van der Waals surface area contributed by atoms with Gasteiger partial charge in [-0.25, -0.2) is 13.1 Å². The Bertz CT molecular complexity index is 456. The van der Waals surface area contributed by atoms with E-state index in [1.165, 1.54) is 0 Å². The van der Waals surface area contributed by atoms with E-state index in [1.54, 1.807) is 6.92 Å². The second-order valence-corrected chi connectivity index (χ2v) is 7.64. The fourth-order valence-electron chi connectivity index (χ4n) is 2.12. The lowest BCUT2D eigenvalue weighted by Crippen LogP contribution is -2.39. The molecule has 0 aromatic rings. The average molecular weight is 492 g/mol. The highest BCUT2D eigenvalue weighted by atomic mass is 127. The van der Waals surface area contributed by atoms with Crippen molar-refractivity contribution in [3.05, 3.63) is 0 Å². The SMILES string of the molecule is CCNC(=NCCCOC1CCOC1)NCCCNS(=O)(=O)CC.I. The molecule has 1 rings (SSSR count). The zero-order chi connectivity index (χ0) is 17.7. The summed E-state index contributed by atoms with van der Waals surface area (Å²) in [6.07, 6.45) is 2.79. The lowest BCUT2D eigenvalue weighted by atomic mass is 10.3. The highest BCUT2D eigenvalue weighted by Crippen LogP contribution is 2.07. The van der Waals surface area contributed by atoms with Crippen LogP contribution in [0.3, 0.4) is 0 Å². The molecule has 0 spiro atoms. The van der Waals surface area contributed by atoms with Gasteiger partial charge in [0.1, 0.15) is 0 Å². The first-order valence-corrected chi connectivity index (χ1v) is 10.4. The molecule has 3 N–H and O–H groups in total. The van der Waals surface area contributed by atoms with Crippen molar-refractivity contribution in [3.63, 3.8) is 0 Å². The van der Waals surface area contributed by atoms with E-state index in [2.05, 4.69) is 20.3 Å². The molecule has 0 bridgehead atoms. The van der Waals surface area contributed by atoms with Crippen LogP contribution >= 0.6 is 24.0 Å². The molecule has 1 saturated heterocycles. The number of guanidine groups is 1. The van der Waals surface area contributed by atoms with E-state index in [0.717, 1.165) is 32.0 Å². The third-order valence-electron chi connectivity index (χ3n) is 3.51. The van der Waals surface area contributed by atoms with Crippen molar-refractivity contribution in [2.24, 2.45) is 4.99 Å². The first kappa shape index (κ1) is 24.8. The van der Waals surface area contributed by atoms with Gasteiger partial charge in [0, 0.05) is 39.4 Å². The van der Waals surface area contributed by atoms with Gasteiger partial charge in [0.15, 0.2) is 5.96 Å². The number of rotatable bonds is 12. The molecule has 0 amide bonds. The van der Waals surface area contributed by atoms with E-state index in [1.807, 2.05) is 6.92 Å². The van der Waals surface area contributed by atoms with Crippen LogP contribution in [0.4, 0.5) is 0 Å². The summed E-state index contributed by atoms with van der Waals surface area (Å²) in [5, 5.41) is 6.37. The predicted octanol–water partition coefficient (Wildman–Crippen LogP) is 0.685. The molecule has 1 fully saturated rings. The van der Waals surface area contributed by atoms with Crippen LogP contribution in [0.1, 0.15) is 33.1 Å². The molecule has 0 aromatic carbocycles. The lowest BCUT2D eigenvalue weighted by Gasteiger charge is -2.12. The van der Waals surface area contributed by atoms with E-state index in [4.69, 9.17) is 9.47 Å². The fraction of sp³-hybridized carbons (Fsp3) is 0.933. The molecule has 0 radical (unpaired) electrons. The van der Waals surface area contributed by atoms with Crippen LogP contribution in [-0.2, 0) is 19.5 Å². The quantitative estimate of drug-likeness (QED) is 0.160. The van der Waals surface area contributed by atoms with Gasteiger partial charge in [0.2, 0.25) is 10.0 Å². The Morgan fingerprint density at radius 2 is 2.04 bits per heavy atom. The van der Waals surface area contributed by atoms with Crippen LogP contribution in [0.25, 0.3) is 0 Å². The maximum atomic E-state index is 11.3. The Kier molecular flexibility index (Phi) is 14.8. The summed E-state index contributed by atoms with van der Waals surface area (Å²) < 4.78 is 36.1. The molecule has 0 saturated carbocycles. The number of aliphatic imine (C=N–C) groups is 1. The van der Waals surface area contributed by atoms with Gasteiger partial charge >= 0.3 is 0 Å². The average Bonchev–Trinajstić information content (AvgIpc) is 3.07. The van der Waals surface area contributed by atoms with Gasteiger partial charge in [-0.05, 0) is 33.1 Å². The van der Waals surface area contributed by atoms with Gasteiger partial charge in [0.25, 0.3) is 0 Å². The van der Waals surface area contributed by atoms with Gasteiger partial charge in [-0.15, -0.1) is 24.0 Å². The van der Waals surface area contributed by atoms with Crippen molar-refractivity contribution in [2.45, 2.75) is 39.2 Å². The summed E-state index contributed by atoms with van der Waals surface area (Å²) in [5.41, 5.74) is 0. The fourth-order valence-corrected chi connectivity index (χ4v) is 2.78. The van der Waals surface area contributed by atoms with E-state index >= 15 is 0 Å². The normalized spacial score (nSPS) is 18.0. The Balaban J connectivity index is 0.00000576. The van der Waals surface area contributed by atoms with Crippen LogP contribution in [0.2, 0.25) is 0 Å². The smallest absolute Gasteiger partial charge is 0.211 e. The standard InChI is InChI=1S/C15H32N4O4S.HI/c1-3-16-15(17-8-5-10-19-24(20,21)4-2)18-9-6-11-23-14-7-12-22-13-14;/h14,19H,3-13H2,1-2H3,(H2,16,17,18);1H. The molecule has 1 unspecified atom stereocenters. The minimum Gasteiger partial charge on any atom is -0.379 e. The number of hydrogen-bond donors (Lipinski definition) is 3. The van der Waals surface area contributed by atoms with Gasteiger partial charge < -0.3 is 20.1 Å². The molecule has 0 aliphatic carbocycles. The third-order valence-corrected chi connectivity index (χ3v) is 4.91. The van der Waals surface area contributed by atoms with Gasteiger partial charge in [-0.1, -0.05) is 0 Å². The highest BCUT2D eigenvalue weighted by molar-refractivity contribution is 14.0. The topological polar surface area (TPSA) is 101 Å². The molecule has 1 aliphatic heterocycles. The molecular formula is C15H33IN4O4S. The summed E-state index contributed by atoms with van der Waals surface area (Å²) >= 11 is 0. The zero-order valence-electron chi connectivity index (χ0n) is 15.3. The van der Waals surface area contributed by atoms with Gasteiger partial charge in [0.05, 0.1) is 18.5 Å². The molecule has 1 heterocycles. The Morgan fingerprint density at radius 1 is 1.24 bits per heavy atom. The van der Waals surface area contributed by atoms with Crippen molar-refractivity contribution in [1.29, 1.82) is 0 Å². The van der Waals surface area contributed by atoms with Crippen molar-refractivity contribution >= 4 is 40.0 Å². The van der Waals surface area contributed by atoms with E-state index in [9.17, 15) is 8.42 Å². The monoisotopic (exact) mass is 492 g/mol. The second-order valence-electron chi connectivity index (χ2n) is 5.55. The summed E-state index contributed by atoms with van der Waals surface area (Å²) in [4.78, 5) is 4.48. The van der Waals surface area contributed by atoms with Crippen LogP contribution in [-0.4, -0.2) is 72.2 Å². The zero-order valence-corrected chi connectivity index (χ0v) is 18.4. The number of hydrogen-bond acceptors (Lipinski definition) is 5. The summed E-state index contributed by atoms with van der Waals surface area (Å²) in [6, 6.07) is 0. The Labute approximate surface area is 169 Å². The van der Waals surface area contributed by atoms with E-state index in [-0.39, 0.29) is 35.8 Å². The third kappa shape index (κ3) is 12.8. The predicted molar refractivity (Wildman–Crippen MR) is 111 cm³/mol. The lowest BCUT2D eigenvalue weighted by molar-refractivity contribution is 0.0424. The van der Waals surface area contributed by atoms with Crippen LogP contribution in [0, 0.1) is 0 Å². The minimum absolute atomic E-state index is 0. The van der Waals surface area contributed by atoms with Crippen molar-refractivity contribution in [2.75, 3.05) is 51.8 Å². The maximum Gasteiger partial charge on any atom is 0.211 e. The Morgan fingerprint density at radius 3 is 2.68 bits per heavy atom.